The van der Waals surface area contributed by atoms with Gasteiger partial charge in [-0.05, 0) is 18.1 Å². The molecule has 9 heteroatoms. The van der Waals surface area contributed by atoms with E-state index in [1.165, 1.54) is 19.8 Å². The monoisotopic (exact) mass is 469 g/mol. The Kier molecular flexibility index (Phi) is 6.48. The Labute approximate surface area is 195 Å². The maximum atomic E-state index is 6.61. The third kappa shape index (κ3) is 4.35. The lowest BCUT2D eigenvalue weighted by atomic mass is 10.1. The first kappa shape index (κ1) is 21.9. The molecule has 3 N–H and O–H groups in total. The molecule has 0 fully saturated rings. The predicted octanol–water partition coefficient (Wildman–Crippen LogP) is 5.25. The van der Waals surface area contributed by atoms with E-state index < -0.39 is 0 Å². The highest BCUT2D eigenvalue weighted by atomic mass is 35.5. The molecule has 0 aliphatic rings. The zero-order valence-electron chi connectivity index (χ0n) is 17.5. The van der Waals surface area contributed by atoms with E-state index in [1.807, 2.05) is 24.3 Å². The molecule has 0 atom stereocenters. The number of nitrogens with one attached hydrogen (secondary N) is 1. The third-order valence-corrected chi connectivity index (χ3v) is 5.71. The van der Waals surface area contributed by atoms with Crippen LogP contribution in [0.3, 0.4) is 0 Å². The highest BCUT2D eigenvalue weighted by molar-refractivity contribution is 6.41. The number of hydrogen-bond donors (Lipinski definition) is 2. The molecule has 0 saturated carbocycles. The van der Waals surface area contributed by atoms with E-state index >= 15 is 0 Å². The lowest BCUT2D eigenvalue weighted by molar-refractivity contribution is 0.395. The number of rotatable bonds is 7. The molecule has 0 radical (unpaired) electrons. The van der Waals surface area contributed by atoms with Crippen molar-refractivity contribution in [2.24, 2.45) is 0 Å². The van der Waals surface area contributed by atoms with E-state index in [-0.39, 0.29) is 5.95 Å². The molecule has 4 aromatic rings. The minimum absolute atomic E-state index is 0.164. The van der Waals surface area contributed by atoms with Crippen LogP contribution in [-0.2, 0) is 6.42 Å². The van der Waals surface area contributed by atoms with Crippen molar-refractivity contribution in [3.05, 3.63) is 64.3 Å². The molecule has 164 valence electrons. The summed E-state index contributed by atoms with van der Waals surface area (Å²) >= 11 is 13.2. The summed E-state index contributed by atoms with van der Waals surface area (Å²) in [5.74, 6) is 1.57. The molecular formula is C23H21Cl2N5O2. The molecular weight excluding hydrogens is 449 g/mol. The Hall–Kier alpha value is -3.29. The molecule has 7 nitrogen and oxygen atoms in total. The Morgan fingerprint density at radius 3 is 2.31 bits per heavy atom. The van der Waals surface area contributed by atoms with Gasteiger partial charge in [0, 0.05) is 29.8 Å². The molecule has 0 aliphatic heterocycles. The van der Waals surface area contributed by atoms with Crippen LogP contribution in [0.2, 0.25) is 10.0 Å². The van der Waals surface area contributed by atoms with Gasteiger partial charge in [0.2, 0.25) is 5.95 Å². The zero-order chi connectivity index (χ0) is 22.7. The lowest BCUT2D eigenvalue weighted by Gasteiger charge is -2.16. The molecule has 4 rings (SSSR count). The lowest BCUT2D eigenvalue weighted by Crippen LogP contribution is -2.09. The fourth-order valence-electron chi connectivity index (χ4n) is 3.38. The molecule has 32 heavy (non-hydrogen) atoms. The quantitative estimate of drug-likeness (QED) is 0.381. The van der Waals surface area contributed by atoms with E-state index in [9.17, 15) is 0 Å². The molecule has 0 aliphatic carbocycles. The van der Waals surface area contributed by atoms with Gasteiger partial charge in [-0.1, -0.05) is 53.5 Å². The summed E-state index contributed by atoms with van der Waals surface area (Å²) in [6, 6.07) is 13.6. The van der Waals surface area contributed by atoms with E-state index in [0.717, 1.165) is 11.8 Å². The molecule has 0 saturated heterocycles. The number of fused-ring (bicyclic) bond motifs is 1. The van der Waals surface area contributed by atoms with Crippen molar-refractivity contribution in [1.29, 1.82) is 0 Å². The number of aromatic nitrogens is 3. The Balaban J connectivity index is 1.81. The van der Waals surface area contributed by atoms with Crippen LogP contribution in [0.1, 0.15) is 5.56 Å². The smallest absolute Gasteiger partial charge is 0.220 e. The van der Waals surface area contributed by atoms with Gasteiger partial charge in [0.25, 0.3) is 0 Å². The van der Waals surface area contributed by atoms with E-state index in [1.54, 1.807) is 12.3 Å². The number of pyridine rings is 1. The van der Waals surface area contributed by atoms with Crippen molar-refractivity contribution >= 4 is 45.9 Å². The number of benzene rings is 2. The number of anilines is 2. The summed E-state index contributed by atoms with van der Waals surface area (Å²) in [6.45, 7) is 0.641. The van der Waals surface area contributed by atoms with E-state index in [0.29, 0.717) is 50.7 Å². The SMILES string of the molecule is COc1cc(OC)c(Cl)c(-c2cc3cnc(N)nc3c(NCCc3ccccc3)n2)c1Cl. The summed E-state index contributed by atoms with van der Waals surface area (Å²) in [4.78, 5) is 13.3. The van der Waals surface area contributed by atoms with Crippen molar-refractivity contribution < 1.29 is 9.47 Å². The van der Waals surface area contributed by atoms with Gasteiger partial charge in [0.1, 0.15) is 17.0 Å². The summed E-state index contributed by atoms with van der Waals surface area (Å²) in [5, 5.41) is 4.76. The second-order valence-corrected chi connectivity index (χ2v) is 7.72. The van der Waals surface area contributed by atoms with Crippen molar-refractivity contribution in [2.75, 3.05) is 31.8 Å². The van der Waals surface area contributed by atoms with Gasteiger partial charge < -0.3 is 20.5 Å². The predicted molar refractivity (Wildman–Crippen MR) is 129 cm³/mol. The highest BCUT2D eigenvalue weighted by Crippen LogP contribution is 2.46. The fraction of sp³-hybridized carbons (Fsp3) is 0.174. The van der Waals surface area contributed by atoms with Crippen LogP contribution in [0.4, 0.5) is 11.8 Å². The average molecular weight is 470 g/mol. The molecule has 2 heterocycles. The summed E-state index contributed by atoms with van der Waals surface area (Å²) in [5.41, 5.74) is 8.67. The van der Waals surface area contributed by atoms with Gasteiger partial charge in [-0.15, -0.1) is 0 Å². The van der Waals surface area contributed by atoms with Crippen LogP contribution in [-0.4, -0.2) is 35.7 Å². The number of nitrogen functional groups attached to an aromatic ring is 1. The summed E-state index contributed by atoms with van der Waals surface area (Å²) in [7, 11) is 3.05. The van der Waals surface area contributed by atoms with Crippen molar-refractivity contribution in [1.82, 2.24) is 15.0 Å². The maximum absolute atomic E-state index is 6.61. The van der Waals surface area contributed by atoms with Gasteiger partial charge in [-0.3, -0.25) is 0 Å². The van der Waals surface area contributed by atoms with Gasteiger partial charge in [0.15, 0.2) is 5.82 Å². The molecule has 2 aromatic heterocycles. The normalized spacial score (nSPS) is 10.9. The Bertz CT molecular complexity index is 1240. The molecule has 0 spiro atoms. The number of nitrogens with zero attached hydrogens (tertiary/aromatic N) is 3. The van der Waals surface area contributed by atoms with Crippen LogP contribution in [0.25, 0.3) is 22.2 Å². The number of hydrogen-bond acceptors (Lipinski definition) is 7. The number of methoxy groups -OCH3 is 2. The van der Waals surface area contributed by atoms with Gasteiger partial charge in [-0.25, -0.2) is 15.0 Å². The van der Waals surface area contributed by atoms with Crippen LogP contribution < -0.4 is 20.5 Å². The minimum atomic E-state index is 0.164. The third-order valence-electron chi connectivity index (χ3n) is 4.96. The number of ether oxygens (including phenoxy) is 2. The van der Waals surface area contributed by atoms with Crippen molar-refractivity contribution in [3.63, 3.8) is 0 Å². The number of nitrogens with two attached hydrogens (primary N) is 1. The van der Waals surface area contributed by atoms with Crippen molar-refractivity contribution in [3.8, 4) is 22.8 Å². The average Bonchev–Trinajstić information content (AvgIpc) is 2.80. The summed E-state index contributed by atoms with van der Waals surface area (Å²) < 4.78 is 10.8. The maximum Gasteiger partial charge on any atom is 0.220 e. The molecule has 0 bridgehead atoms. The Morgan fingerprint density at radius 1 is 0.969 bits per heavy atom. The highest BCUT2D eigenvalue weighted by Gasteiger charge is 2.21. The topological polar surface area (TPSA) is 95.2 Å². The van der Waals surface area contributed by atoms with Gasteiger partial charge >= 0.3 is 0 Å². The first-order valence-corrected chi connectivity index (χ1v) is 10.6. The molecule has 2 aromatic carbocycles. The van der Waals surface area contributed by atoms with Gasteiger partial charge in [-0.2, -0.15) is 0 Å². The second kappa shape index (κ2) is 9.46. The van der Waals surface area contributed by atoms with Gasteiger partial charge in [0.05, 0.1) is 30.0 Å². The van der Waals surface area contributed by atoms with Crippen LogP contribution >= 0.6 is 23.2 Å². The van der Waals surface area contributed by atoms with E-state index in [2.05, 4.69) is 27.4 Å². The minimum Gasteiger partial charge on any atom is -0.495 e. The van der Waals surface area contributed by atoms with Crippen LogP contribution in [0, 0.1) is 0 Å². The first-order valence-electron chi connectivity index (χ1n) is 9.83. The number of halogens is 2. The first-order chi connectivity index (χ1) is 15.5. The van der Waals surface area contributed by atoms with Crippen LogP contribution in [0.15, 0.2) is 48.7 Å². The van der Waals surface area contributed by atoms with E-state index in [4.69, 9.17) is 43.4 Å². The zero-order valence-corrected chi connectivity index (χ0v) is 19.0. The summed E-state index contributed by atoms with van der Waals surface area (Å²) in [6.07, 6.45) is 2.45. The largest absolute Gasteiger partial charge is 0.495 e. The molecule has 0 amide bonds. The Morgan fingerprint density at radius 2 is 1.66 bits per heavy atom. The van der Waals surface area contributed by atoms with Crippen LogP contribution in [0.5, 0.6) is 11.5 Å². The molecule has 0 unspecified atom stereocenters. The standard InChI is InChI=1S/C23H21Cl2N5O2/c1-31-16-11-17(32-2)20(25)18(19(16)24)15-10-14-12-28-23(26)30-21(14)22(29-15)27-9-8-13-6-4-3-5-7-13/h3-7,10-12H,8-9H2,1-2H3,(H,27,29)(H2,26,28,30). The second-order valence-electron chi connectivity index (χ2n) is 6.97. The van der Waals surface area contributed by atoms with Crippen molar-refractivity contribution in [2.45, 2.75) is 6.42 Å². The fourth-order valence-corrected chi connectivity index (χ4v) is 4.08.